The van der Waals surface area contributed by atoms with Gasteiger partial charge in [0.15, 0.2) is 0 Å². The van der Waals surface area contributed by atoms with Crippen LogP contribution in [-0.4, -0.2) is 23.5 Å². The van der Waals surface area contributed by atoms with Gasteiger partial charge < -0.3 is 16.2 Å². The fourth-order valence-corrected chi connectivity index (χ4v) is 1.12. The Bertz CT molecular complexity index is 406. The summed E-state index contributed by atoms with van der Waals surface area (Å²) in [5, 5.41) is 11.9. The Hall–Kier alpha value is -1.75. The monoisotopic (exact) mass is 228 g/mol. The Morgan fingerprint density at radius 3 is 2.73 bits per heavy atom. The highest BCUT2D eigenvalue weighted by Crippen LogP contribution is 2.20. The van der Waals surface area contributed by atoms with Gasteiger partial charge in [-0.15, -0.1) is 0 Å². The number of carbonyl (C=O) groups excluding carboxylic acids is 2. The lowest BCUT2D eigenvalue weighted by atomic mass is 10.2. The van der Waals surface area contributed by atoms with Gasteiger partial charge in [0.2, 0.25) is 5.91 Å². The molecule has 4 N–H and O–H groups in total. The molecule has 0 aliphatic heterocycles. The third-order valence-electron chi connectivity index (χ3n) is 1.63. The van der Waals surface area contributed by atoms with E-state index in [4.69, 9.17) is 17.3 Å². The molecule has 1 rings (SSSR count). The summed E-state index contributed by atoms with van der Waals surface area (Å²) in [4.78, 5) is 21.8. The second-order valence-electron chi connectivity index (χ2n) is 2.81. The molecule has 0 unspecified atom stereocenters. The Labute approximate surface area is 90.8 Å². The summed E-state index contributed by atoms with van der Waals surface area (Å²) in [7, 11) is 0. The highest BCUT2D eigenvalue weighted by Gasteiger charge is 2.11. The fraction of sp³-hybridized carbons (Fsp3) is 0.111. The number of rotatable bonds is 3. The minimum absolute atomic E-state index is 0.00347. The maximum absolute atomic E-state index is 11.4. The van der Waals surface area contributed by atoms with Crippen LogP contribution in [0.2, 0.25) is 5.02 Å². The quantitative estimate of drug-likeness (QED) is 0.693. The van der Waals surface area contributed by atoms with Crippen LogP contribution >= 0.6 is 11.6 Å². The van der Waals surface area contributed by atoms with E-state index >= 15 is 0 Å². The molecular formula is C9H9ClN2O3. The Balaban J connectivity index is 2.81. The summed E-state index contributed by atoms with van der Waals surface area (Å²) in [5.74, 6) is -1.47. The number of halogens is 1. The molecule has 80 valence electrons. The molecule has 0 fully saturated rings. The van der Waals surface area contributed by atoms with Crippen LogP contribution in [0.1, 0.15) is 10.4 Å². The molecule has 0 aromatic heterocycles. The lowest BCUT2D eigenvalue weighted by Gasteiger charge is -2.05. The van der Waals surface area contributed by atoms with Crippen LogP contribution in [-0.2, 0) is 4.79 Å². The normalized spacial score (nSPS) is 9.67. The number of primary amides is 1. The van der Waals surface area contributed by atoms with E-state index in [1.165, 1.54) is 18.2 Å². The zero-order valence-electron chi connectivity index (χ0n) is 7.66. The number of hydrogen-bond acceptors (Lipinski definition) is 3. The molecule has 0 spiro atoms. The lowest BCUT2D eigenvalue weighted by Crippen LogP contribution is -2.33. The number of carbonyl (C=O) groups is 2. The molecular weight excluding hydrogens is 220 g/mol. The number of nitrogens with one attached hydrogen (secondary N) is 1. The first-order chi connectivity index (χ1) is 7.00. The second-order valence-corrected chi connectivity index (χ2v) is 3.25. The van der Waals surface area contributed by atoms with Gasteiger partial charge in [-0.2, -0.15) is 0 Å². The number of benzene rings is 1. The number of nitrogens with two attached hydrogens (primary N) is 1. The van der Waals surface area contributed by atoms with E-state index in [0.29, 0.717) is 5.02 Å². The van der Waals surface area contributed by atoms with E-state index in [1.807, 2.05) is 0 Å². The van der Waals surface area contributed by atoms with Gasteiger partial charge in [0.1, 0.15) is 5.75 Å². The standard InChI is InChI=1S/C9H9ClN2O3/c10-5-1-2-7(13)6(3-5)9(15)12-4-8(11)14/h1-3,13H,4H2,(H2,11,14)(H,12,15). The molecule has 0 heterocycles. The SMILES string of the molecule is NC(=O)CNC(=O)c1cc(Cl)ccc1O. The fourth-order valence-electron chi connectivity index (χ4n) is 0.953. The van der Waals surface area contributed by atoms with Gasteiger partial charge in [0.05, 0.1) is 12.1 Å². The van der Waals surface area contributed by atoms with Crippen molar-refractivity contribution in [3.8, 4) is 5.75 Å². The van der Waals surface area contributed by atoms with Crippen LogP contribution < -0.4 is 11.1 Å². The van der Waals surface area contributed by atoms with Crippen molar-refractivity contribution in [2.45, 2.75) is 0 Å². The van der Waals surface area contributed by atoms with Crippen LogP contribution in [0.4, 0.5) is 0 Å². The van der Waals surface area contributed by atoms with Gasteiger partial charge in [-0.3, -0.25) is 9.59 Å². The summed E-state index contributed by atoms with van der Waals surface area (Å²) in [6.07, 6.45) is 0. The summed E-state index contributed by atoms with van der Waals surface area (Å²) in [6, 6.07) is 4.04. The maximum Gasteiger partial charge on any atom is 0.255 e. The first-order valence-electron chi connectivity index (χ1n) is 4.05. The third kappa shape index (κ3) is 3.14. The summed E-state index contributed by atoms with van der Waals surface area (Å²) >= 11 is 5.64. The lowest BCUT2D eigenvalue weighted by molar-refractivity contribution is -0.117. The summed E-state index contributed by atoms with van der Waals surface area (Å²) in [6.45, 7) is -0.287. The molecule has 5 nitrogen and oxygen atoms in total. The van der Waals surface area contributed by atoms with Gasteiger partial charge in [0.25, 0.3) is 5.91 Å². The Kier molecular flexibility index (Phi) is 3.51. The molecule has 0 saturated heterocycles. The predicted molar refractivity (Wildman–Crippen MR) is 54.6 cm³/mol. The topological polar surface area (TPSA) is 92.4 Å². The highest BCUT2D eigenvalue weighted by molar-refractivity contribution is 6.31. The van der Waals surface area contributed by atoms with Crippen LogP contribution in [0.5, 0.6) is 5.75 Å². The van der Waals surface area contributed by atoms with Crippen LogP contribution in [0.3, 0.4) is 0 Å². The zero-order valence-corrected chi connectivity index (χ0v) is 8.41. The van der Waals surface area contributed by atoms with Gasteiger partial charge >= 0.3 is 0 Å². The smallest absolute Gasteiger partial charge is 0.255 e. The molecule has 0 radical (unpaired) electrons. The van der Waals surface area contributed by atoms with Gasteiger partial charge in [-0.1, -0.05) is 11.6 Å². The van der Waals surface area contributed by atoms with Crippen LogP contribution in [0, 0.1) is 0 Å². The van der Waals surface area contributed by atoms with Crippen molar-refractivity contribution >= 4 is 23.4 Å². The van der Waals surface area contributed by atoms with Crippen molar-refractivity contribution < 1.29 is 14.7 Å². The largest absolute Gasteiger partial charge is 0.507 e. The van der Waals surface area contributed by atoms with E-state index in [9.17, 15) is 14.7 Å². The molecule has 0 saturated carbocycles. The van der Waals surface area contributed by atoms with Crippen molar-refractivity contribution in [1.82, 2.24) is 5.32 Å². The summed E-state index contributed by atoms with van der Waals surface area (Å²) < 4.78 is 0. The molecule has 1 aromatic carbocycles. The van der Waals surface area contributed by atoms with Crippen molar-refractivity contribution in [2.75, 3.05) is 6.54 Å². The average molecular weight is 229 g/mol. The average Bonchev–Trinajstić information content (AvgIpc) is 2.18. The Morgan fingerprint density at radius 2 is 2.13 bits per heavy atom. The zero-order chi connectivity index (χ0) is 11.4. The molecule has 6 heteroatoms. The molecule has 2 amide bonds. The van der Waals surface area contributed by atoms with E-state index in [0.717, 1.165) is 0 Å². The van der Waals surface area contributed by atoms with Gasteiger partial charge in [0, 0.05) is 5.02 Å². The number of amides is 2. The minimum Gasteiger partial charge on any atom is -0.507 e. The molecule has 0 aliphatic rings. The molecule has 1 aromatic rings. The van der Waals surface area contributed by atoms with Crippen molar-refractivity contribution in [1.29, 1.82) is 0 Å². The first-order valence-corrected chi connectivity index (χ1v) is 4.43. The van der Waals surface area contributed by atoms with Crippen molar-refractivity contribution in [2.24, 2.45) is 5.73 Å². The van der Waals surface area contributed by atoms with E-state index < -0.39 is 11.8 Å². The van der Waals surface area contributed by atoms with E-state index in [-0.39, 0.29) is 17.9 Å². The molecule has 0 atom stereocenters. The number of phenolic OH excluding ortho intramolecular Hbond substituents is 1. The van der Waals surface area contributed by atoms with Crippen LogP contribution in [0.25, 0.3) is 0 Å². The summed E-state index contributed by atoms with van der Waals surface area (Å²) in [5.41, 5.74) is 4.85. The van der Waals surface area contributed by atoms with Gasteiger partial charge in [-0.05, 0) is 18.2 Å². The molecule has 15 heavy (non-hydrogen) atoms. The molecule has 0 aliphatic carbocycles. The number of aromatic hydroxyl groups is 1. The molecule has 0 bridgehead atoms. The number of phenols is 1. The highest BCUT2D eigenvalue weighted by atomic mass is 35.5. The van der Waals surface area contributed by atoms with Crippen molar-refractivity contribution in [3.05, 3.63) is 28.8 Å². The first kappa shape index (κ1) is 11.3. The van der Waals surface area contributed by atoms with Crippen molar-refractivity contribution in [3.63, 3.8) is 0 Å². The Morgan fingerprint density at radius 1 is 1.47 bits per heavy atom. The van der Waals surface area contributed by atoms with Gasteiger partial charge in [-0.25, -0.2) is 0 Å². The van der Waals surface area contributed by atoms with Crippen LogP contribution in [0.15, 0.2) is 18.2 Å². The second kappa shape index (κ2) is 4.65. The minimum atomic E-state index is -0.662. The maximum atomic E-state index is 11.4. The number of hydrogen-bond donors (Lipinski definition) is 3. The predicted octanol–water partition coefficient (Wildman–Crippen LogP) is 0.261. The van der Waals surface area contributed by atoms with E-state index in [1.54, 1.807) is 0 Å². The third-order valence-corrected chi connectivity index (χ3v) is 1.86. The van der Waals surface area contributed by atoms with E-state index in [2.05, 4.69) is 5.32 Å².